The summed E-state index contributed by atoms with van der Waals surface area (Å²) in [4.78, 5) is 4.88. The molecule has 0 fully saturated rings. The summed E-state index contributed by atoms with van der Waals surface area (Å²) in [6, 6.07) is 14.5. The van der Waals surface area contributed by atoms with Crippen LogP contribution in [0, 0.1) is 0 Å². The predicted octanol–water partition coefficient (Wildman–Crippen LogP) is 6.32. The van der Waals surface area contributed by atoms with Crippen LogP contribution < -0.4 is 4.74 Å². The Hall–Kier alpha value is -1.69. The molecule has 2 rings (SSSR count). The molecular formula is C24H32BrNO3. The molecule has 0 unspecified atom stereocenters. The standard InChI is InChI=1S/C24H32BrNO3/c1-6-22(26-16-18-10-8-7-9-11-18)20-14-19(24(2,3)4)15-21(25)23(20)29-17-28-13-12-27-5/h7-11,14-16,22H,6,12-13,17H2,1-5H3/b26-16+/t22-/m0/s1. The first-order valence-electron chi connectivity index (χ1n) is 9.98. The van der Waals surface area contributed by atoms with Crippen LogP contribution in [0.4, 0.5) is 0 Å². The molecule has 0 spiro atoms. The van der Waals surface area contributed by atoms with Crippen LogP contribution in [-0.4, -0.2) is 33.3 Å². The quantitative estimate of drug-likeness (QED) is 0.236. The van der Waals surface area contributed by atoms with E-state index in [1.165, 1.54) is 5.56 Å². The predicted molar refractivity (Wildman–Crippen MR) is 123 cm³/mol. The molecule has 0 aliphatic heterocycles. The zero-order valence-corrected chi connectivity index (χ0v) is 19.7. The van der Waals surface area contributed by atoms with E-state index in [9.17, 15) is 0 Å². The molecule has 0 N–H and O–H groups in total. The van der Waals surface area contributed by atoms with Crippen LogP contribution in [0.5, 0.6) is 5.75 Å². The molecule has 1 atom stereocenters. The van der Waals surface area contributed by atoms with Crippen molar-refractivity contribution in [2.75, 3.05) is 27.1 Å². The van der Waals surface area contributed by atoms with Gasteiger partial charge in [-0.1, -0.05) is 58.0 Å². The van der Waals surface area contributed by atoms with Crippen LogP contribution in [0.3, 0.4) is 0 Å². The minimum atomic E-state index is -0.0113. The Bertz CT molecular complexity index is 785. The fourth-order valence-corrected chi connectivity index (χ4v) is 3.46. The summed E-state index contributed by atoms with van der Waals surface area (Å²) in [5.41, 5.74) is 3.41. The second-order valence-electron chi connectivity index (χ2n) is 7.90. The second kappa shape index (κ2) is 11.5. The van der Waals surface area contributed by atoms with Crippen molar-refractivity contribution < 1.29 is 14.2 Å². The smallest absolute Gasteiger partial charge is 0.189 e. The first-order valence-corrected chi connectivity index (χ1v) is 10.8. The van der Waals surface area contributed by atoms with Gasteiger partial charge in [0.05, 0.1) is 23.7 Å². The molecule has 2 aromatic carbocycles. The summed E-state index contributed by atoms with van der Waals surface area (Å²) in [5, 5.41) is 0. The van der Waals surface area contributed by atoms with E-state index in [1.54, 1.807) is 7.11 Å². The van der Waals surface area contributed by atoms with Gasteiger partial charge in [0, 0.05) is 18.9 Å². The molecule has 5 heteroatoms. The fourth-order valence-electron chi connectivity index (χ4n) is 2.87. The van der Waals surface area contributed by atoms with Gasteiger partial charge >= 0.3 is 0 Å². The molecule has 29 heavy (non-hydrogen) atoms. The molecule has 2 aromatic rings. The van der Waals surface area contributed by atoms with E-state index in [0.29, 0.717) is 13.2 Å². The fraction of sp³-hybridized carbons (Fsp3) is 0.458. The Morgan fingerprint density at radius 1 is 1.10 bits per heavy atom. The minimum absolute atomic E-state index is 0.0113. The Morgan fingerprint density at radius 2 is 1.83 bits per heavy atom. The van der Waals surface area contributed by atoms with Crippen molar-refractivity contribution in [2.45, 2.75) is 45.6 Å². The lowest BCUT2D eigenvalue weighted by Gasteiger charge is -2.24. The van der Waals surface area contributed by atoms with Crippen molar-refractivity contribution in [3.63, 3.8) is 0 Å². The Kier molecular flexibility index (Phi) is 9.34. The zero-order valence-electron chi connectivity index (χ0n) is 18.1. The van der Waals surface area contributed by atoms with E-state index in [-0.39, 0.29) is 18.2 Å². The molecule has 0 saturated heterocycles. The lowest BCUT2D eigenvalue weighted by atomic mass is 9.85. The molecule has 0 saturated carbocycles. The normalized spacial score (nSPS) is 13.0. The molecule has 0 aliphatic carbocycles. The minimum Gasteiger partial charge on any atom is -0.466 e. The number of halogens is 1. The molecule has 0 radical (unpaired) electrons. The van der Waals surface area contributed by atoms with Crippen molar-refractivity contribution >= 4 is 22.1 Å². The van der Waals surface area contributed by atoms with Gasteiger partial charge in [-0.2, -0.15) is 0 Å². The molecule has 4 nitrogen and oxygen atoms in total. The van der Waals surface area contributed by atoms with Crippen molar-refractivity contribution in [2.24, 2.45) is 4.99 Å². The van der Waals surface area contributed by atoms with E-state index in [4.69, 9.17) is 19.2 Å². The summed E-state index contributed by atoms with van der Waals surface area (Å²) in [6.07, 6.45) is 2.80. The van der Waals surface area contributed by atoms with Crippen molar-refractivity contribution in [3.8, 4) is 5.75 Å². The Morgan fingerprint density at radius 3 is 2.45 bits per heavy atom. The SMILES string of the molecule is CC[C@H](/N=C/c1ccccc1)c1cc(C(C)(C)C)cc(Br)c1OCOCCOC. The van der Waals surface area contributed by atoms with E-state index < -0.39 is 0 Å². The highest BCUT2D eigenvalue weighted by atomic mass is 79.9. The van der Waals surface area contributed by atoms with Crippen molar-refractivity contribution in [1.82, 2.24) is 0 Å². The van der Waals surface area contributed by atoms with Gasteiger partial charge in [-0.3, -0.25) is 4.99 Å². The van der Waals surface area contributed by atoms with E-state index >= 15 is 0 Å². The van der Waals surface area contributed by atoms with Gasteiger partial charge in [0.1, 0.15) is 5.75 Å². The number of aliphatic imine (C=N–C) groups is 1. The van der Waals surface area contributed by atoms with Gasteiger partial charge < -0.3 is 14.2 Å². The monoisotopic (exact) mass is 461 g/mol. The number of hydrogen-bond donors (Lipinski definition) is 0. The lowest BCUT2D eigenvalue weighted by Crippen LogP contribution is -2.14. The first-order chi connectivity index (χ1) is 13.9. The highest BCUT2D eigenvalue weighted by Crippen LogP contribution is 2.40. The van der Waals surface area contributed by atoms with Crippen LogP contribution in [0.15, 0.2) is 51.9 Å². The average Bonchev–Trinajstić information content (AvgIpc) is 2.69. The summed E-state index contributed by atoms with van der Waals surface area (Å²) in [5.74, 6) is 0.785. The number of nitrogens with zero attached hydrogens (tertiary/aromatic N) is 1. The van der Waals surface area contributed by atoms with Gasteiger partial charge in [-0.15, -0.1) is 0 Å². The summed E-state index contributed by atoms with van der Waals surface area (Å²) < 4.78 is 17.5. The highest BCUT2D eigenvalue weighted by Gasteiger charge is 2.22. The lowest BCUT2D eigenvalue weighted by molar-refractivity contribution is -0.00935. The maximum atomic E-state index is 6.02. The molecule has 0 amide bonds. The molecule has 0 aliphatic rings. The molecule has 0 bridgehead atoms. The third-order valence-electron chi connectivity index (χ3n) is 4.61. The number of rotatable bonds is 10. The number of hydrogen-bond acceptors (Lipinski definition) is 4. The zero-order chi connectivity index (χ0) is 21.3. The van der Waals surface area contributed by atoms with Crippen LogP contribution >= 0.6 is 15.9 Å². The first kappa shape index (κ1) is 23.6. The van der Waals surface area contributed by atoms with Crippen LogP contribution in [0.2, 0.25) is 0 Å². The van der Waals surface area contributed by atoms with E-state index in [1.807, 2.05) is 24.4 Å². The van der Waals surface area contributed by atoms with Crippen LogP contribution in [0.25, 0.3) is 0 Å². The molecular weight excluding hydrogens is 430 g/mol. The van der Waals surface area contributed by atoms with Crippen molar-refractivity contribution in [1.29, 1.82) is 0 Å². The van der Waals surface area contributed by atoms with Crippen molar-refractivity contribution in [3.05, 3.63) is 63.6 Å². The van der Waals surface area contributed by atoms with Gasteiger partial charge in [-0.05, 0) is 51.0 Å². The molecule has 0 heterocycles. The maximum absolute atomic E-state index is 6.02. The third kappa shape index (κ3) is 7.25. The maximum Gasteiger partial charge on any atom is 0.189 e. The molecule has 0 aromatic heterocycles. The number of methoxy groups -OCH3 is 1. The topological polar surface area (TPSA) is 40.0 Å². The largest absolute Gasteiger partial charge is 0.466 e. The van der Waals surface area contributed by atoms with Crippen LogP contribution in [-0.2, 0) is 14.9 Å². The van der Waals surface area contributed by atoms with E-state index in [2.05, 4.69) is 67.9 Å². The van der Waals surface area contributed by atoms with Crippen LogP contribution in [0.1, 0.15) is 56.8 Å². The van der Waals surface area contributed by atoms with Gasteiger partial charge in [0.2, 0.25) is 0 Å². The Labute approximate surface area is 183 Å². The summed E-state index contributed by atoms with van der Waals surface area (Å²) in [6.45, 7) is 9.97. The Balaban J connectivity index is 2.35. The number of ether oxygens (including phenoxy) is 3. The second-order valence-corrected chi connectivity index (χ2v) is 8.76. The summed E-state index contributed by atoms with van der Waals surface area (Å²) in [7, 11) is 1.65. The third-order valence-corrected chi connectivity index (χ3v) is 5.19. The van der Waals surface area contributed by atoms with Gasteiger partial charge in [-0.25, -0.2) is 0 Å². The number of benzene rings is 2. The summed E-state index contributed by atoms with van der Waals surface area (Å²) >= 11 is 3.71. The van der Waals surface area contributed by atoms with Gasteiger partial charge in [0.15, 0.2) is 6.79 Å². The molecule has 158 valence electrons. The van der Waals surface area contributed by atoms with E-state index in [0.717, 1.165) is 27.8 Å². The van der Waals surface area contributed by atoms with Gasteiger partial charge in [0.25, 0.3) is 0 Å². The highest BCUT2D eigenvalue weighted by molar-refractivity contribution is 9.10. The average molecular weight is 462 g/mol.